The smallest absolute Gasteiger partial charge is 0.379 e. The first-order chi connectivity index (χ1) is 8.98. The minimum absolute atomic E-state index is 0.0676. The molecule has 0 unspecified atom stereocenters. The highest BCUT2D eigenvalue weighted by Crippen LogP contribution is 2.47. The molecule has 1 aliphatic carbocycles. The molecule has 1 aromatic carbocycles. The van der Waals surface area contributed by atoms with Crippen LogP contribution >= 0.6 is 0 Å². The molecule has 0 radical (unpaired) electrons. The largest absolute Gasteiger partial charge is 0.477 e. The maximum atomic E-state index is 13.7. The molecule has 1 aromatic rings. The van der Waals surface area contributed by atoms with Gasteiger partial charge in [0.2, 0.25) is 0 Å². The number of hydrogen-bond donors (Lipinski definition) is 1. The second-order valence-corrected chi connectivity index (χ2v) is 6.91. The van der Waals surface area contributed by atoms with Crippen molar-refractivity contribution in [3.05, 3.63) is 34.9 Å². The number of rotatable bonds is 2. The number of alkyl halides is 2. The van der Waals surface area contributed by atoms with E-state index in [1.807, 2.05) is 13.8 Å². The average molecular weight is 282 g/mol. The van der Waals surface area contributed by atoms with Crippen molar-refractivity contribution in [2.24, 2.45) is 0 Å². The quantitative estimate of drug-likeness (QED) is 0.882. The predicted octanol–water partition coefficient (Wildman–Crippen LogP) is 4.21. The molecule has 2 nitrogen and oxygen atoms in total. The summed E-state index contributed by atoms with van der Waals surface area (Å²) in [6, 6.07) is 4.29. The van der Waals surface area contributed by atoms with Gasteiger partial charge in [-0.15, -0.1) is 0 Å². The lowest BCUT2D eigenvalue weighted by Crippen LogP contribution is -2.35. The first kappa shape index (κ1) is 14.9. The van der Waals surface area contributed by atoms with Crippen molar-refractivity contribution in [1.29, 1.82) is 0 Å². The Balaban J connectivity index is 2.63. The Labute approximate surface area is 117 Å². The third-order valence-corrected chi connectivity index (χ3v) is 4.48. The molecule has 20 heavy (non-hydrogen) atoms. The van der Waals surface area contributed by atoms with Gasteiger partial charge >= 0.3 is 11.9 Å². The summed E-state index contributed by atoms with van der Waals surface area (Å²) in [5, 5.41) is 8.68. The molecule has 0 spiro atoms. The van der Waals surface area contributed by atoms with Gasteiger partial charge in [-0.2, -0.15) is 8.78 Å². The minimum atomic E-state index is -3.84. The van der Waals surface area contributed by atoms with E-state index in [0.29, 0.717) is 0 Å². The van der Waals surface area contributed by atoms with Gasteiger partial charge in [0.1, 0.15) is 0 Å². The van der Waals surface area contributed by atoms with Crippen LogP contribution in [0.3, 0.4) is 0 Å². The summed E-state index contributed by atoms with van der Waals surface area (Å²) in [5.74, 6) is -5.95. The van der Waals surface area contributed by atoms with E-state index in [2.05, 4.69) is 13.8 Å². The van der Waals surface area contributed by atoms with Crippen LogP contribution in [-0.2, 0) is 21.5 Å². The molecule has 0 bridgehead atoms. The van der Waals surface area contributed by atoms with Gasteiger partial charge in [-0.25, -0.2) is 4.79 Å². The standard InChI is InChI=1S/C16H20F2O2/c1-14(2)7-8-15(3,4)12-9-10(5-6-11(12)14)16(17,18)13(19)20/h5-6,9H,7-8H2,1-4H3,(H,19,20). The monoisotopic (exact) mass is 282 g/mol. The van der Waals surface area contributed by atoms with Gasteiger partial charge in [-0.05, 0) is 40.9 Å². The van der Waals surface area contributed by atoms with Crippen molar-refractivity contribution in [1.82, 2.24) is 0 Å². The molecule has 4 heteroatoms. The third-order valence-electron chi connectivity index (χ3n) is 4.48. The van der Waals surface area contributed by atoms with Crippen LogP contribution in [0.4, 0.5) is 8.78 Å². The van der Waals surface area contributed by atoms with Crippen molar-refractivity contribution in [3.63, 3.8) is 0 Å². The summed E-state index contributed by atoms with van der Waals surface area (Å²) in [6.45, 7) is 8.22. The van der Waals surface area contributed by atoms with E-state index in [9.17, 15) is 13.6 Å². The molecule has 0 saturated carbocycles. The lowest BCUT2D eigenvalue weighted by molar-refractivity contribution is -0.166. The van der Waals surface area contributed by atoms with Crippen molar-refractivity contribution < 1.29 is 18.7 Å². The lowest BCUT2D eigenvalue weighted by atomic mass is 9.63. The normalized spacial score (nSPS) is 20.3. The Bertz CT molecular complexity index is 560. The Morgan fingerprint density at radius 3 is 2.10 bits per heavy atom. The van der Waals surface area contributed by atoms with Gasteiger partial charge in [-0.1, -0.05) is 39.8 Å². The number of carbonyl (C=O) groups is 1. The van der Waals surface area contributed by atoms with Crippen LogP contribution in [0, 0.1) is 0 Å². The van der Waals surface area contributed by atoms with E-state index >= 15 is 0 Å². The average Bonchev–Trinajstić information content (AvgIpc) is 2.34. The van der Waals surface area contributed by atoms with Crippen molar-refractivity contribution in [3.8, 4) is 0 Å². The second kappa shape index (κ2) is 4.27. The van der Waals surface area contributed by atoms with Crippen LogP contribution in [0.2, 0.25) is 0 Å². The van der Waals surface area contributed by atoms with E-state index < -0.39 is 17.5 Å². The highest BCUT2D eigenvalue weighted by molar-refractivity contribution is 5.77. The number of aliphatic carboxylic acids is 1. The SMILES string of the molecule is CC1(C)CCC(C)(C)c2cc(C(F)(F)C(=O)O)ccc21. The third kappa shape index (κ3) is 2.21. The first-order valence-electron chi connectivity index (χ1n) is 6.75. The molecule has 0 saturated heterocycles. The van der Waals surface area contributed by atoms with Crippen LogP contribution in [0.1, 0.15) is 57.2 Å². The Kier molecular flexibility index (Phi) is 3.19. The van der Waals surface area contributed by atoms with Gasteiger partial charge in [0.05, 0.1) is 0 Å². The number of benzene rings is 1. The minimum Gasteiger partial charge on any atom is -0.477 e. The van der Waals surface area contributed by atoms with Crippen LogP contribution < -0.4 is 0 Å². The summed E-state index contributed by atoms with van der Waals surface area (Å²) >= 11 is 0. The van der Waals surface area contributed by atoms with Gasteiger partial charge in [-0.3, -0.25) is 0 Å². The van der Waals surface area contributed by atoms with E-state index in [4.69, 9.17) is 5.11 Å². The maximum absolute atomic E-state index is 13.7. The van der Waals surface area contributed by atoms with Crippen molar-refractivity contribution >= 4 is 5.97 Å². The molecule has 1 aliphatic rings. The molecule has 1 N–H and O–H groups in total. The van der Waals surface area contributed by atoms with E-state index in [1.165, 1.54) is 12.1 Å². The lowest BCUT2D eigenvalue weighted by Gasteiger charge is -2.42. The fourth-order valence-electron chi connectivity index (χ4n) is 2.91. The predicted molar refractivity (Wildman–Crippen MR) is 73.3 cm³/mol. The van der Waals surface area contributed by atoms with Crippen molar-refractivity contribution in [2.45, 2.75) is 57.3 Å². The summed E-state index contributed by atoms with van der Waals surface area (Å²) < 4.78 is 27.4. The molecular weight excluding hydrogens is 262 g/mol. The molecule has 0 aromatic heterocycles. The van der Waals surface area contributed by atoms with Gasteiger partial charge in [0.25, 0.3) is 0 Å². The Morgan fingerprint density at radius 1 is 1.10 bits per heavy atom. The van der Waals surface area contributed by atoms with Gasteiger partial charge in [0.15, 0.2) is 0 Å². The van der Waals surface area contributed by atoms with Crippen LogP contribution in [0.15, 0.2) is 18.2 Å². The zero-order valence-corrected chi connectivity index (χ0v) is 12.3. The zero-order chi connectivity index (χ0) is 15.3. The Morgan fingerprint density at radius 2 is 1.60 bits per heavy atom. The highest BCUT2D eigenvalue weighted by Gasteiger charge is 2.44. The number of fused-ring (bicyclic) bond motifs is 1. The van der Waals surface area contributed by atoms with E-state index in [0.717, 1.165) is 24.0 Å². The highest BCUT2D eigenvalue weighted by atomic mass is 19.3. The molecule has 0 fully saturated rings. The fraction of sp³-hybridized carbons (Fsp3) is 0.562. The Hall–Kier alpha value is -1.45. The maximum Gasteiger partial charge on any atom is 0.379 e. The van der Waals surface area contributed by atoms with E-state index in [1.54, 1.807) is 6.07 Å². The molecule has 110 valence electrons. The van der Waals surface area contributed by atoms with Crippen molar-refractivity contribution in [2.75, 3.05) is 0 Å². The van der Waals surface area contributed by atoms with Crippen LogP contribution in [0.25, 0.3) is 0 Å². The molecule has 0 heterocycles. The molecule has 0 aliphatic heterocycles. The number of halogens is 2. The topological polar surface area (TPSA) is 37.3 Å². The first-order valence-corrected chi connectivity index (χ1v) is 6.75. The number of carboxylic acid groups (broad SMARTS) is 1. The van der Waals surface area contributed by atoms with Gasteiger partial charge < -0.3 is 5.11 Å². The van der Waals surface area contributed by atoms with Crippen LogP contribution in [0.5, 0.6) is 0 Å². The van der Waals surface area contributed by atoms with Crippen LogP contribution in [-0.4, -0.2) is 11.1 Å². The van der Waals surface area contributed by atoms with E-state index in [-0.39, 0.29) is 10.8 Å². The summed E-state index contributed by atoms with van der Waals surface area (Å²) in [4.78, 5) is 10.7. The zero-order valence-electron chi connectivity index (χ0n) is 12.3. The summed E-state index contributed by atoms with van der Waals surface area (Å²) in [5.41, 5.74) is 1.16. The summed E-state index contributed by atoms with van der Waals surface area (Å²) in [7, 11) is 0. The molecule has 2 rings (SSSR count). The molecular formula is C16H20F2O2. The molecule has 0 atom stereocenters. The number of carboxylic acids is 1. The fourth-order valence-corrected chi connectivity index (χ4v) is 2.91. The second-order valence-electron chi connectivity index (χ2n) is 6.91. The van der Waals surface area contributed by atoms with Gasteiger partial charge in [0, 0.05) is 5.56 Å². The molecule has 0 amide bonds. The number of hydrogen-bond acceptors (Lipinski definition) is 1. The summed E-state index contributed by atoms with van der Waals surface area (Å²) in [6.07, 6.45) is 1.89.